The van der Waals surface area contributed by atoms with Gasteiger partial charge in [-0.3, -0.25) is 4.90 Å². The molecule has 1 atom stereocenters. The molecular weight excluding hydrogens is 378 g/mol. The Morgan fingerprint density at radius 2 is 1.74 bits per heavy atom. The minimum atomic E-state index is 0. The summed E-state index contributed by atoms with van der Waals surface area (Å²) in [5.41, 5.74) is 1.18. The molecule has 0 aromatic heterocycles. The molecule has 2 aliphatic rings. The maximum absolute atomic E-state index is 6.52. The first kappa shape index (κ1) is 21.3. The molecule has 7 heteroatoms. The highest BCUT2D eigenvalue weighted by Gasteiger charge is 2.32. The summed E-state index contributed by atoms with van der Waals surface area (Å²) in [4.78, 5) is 2.56. The second kappa shape index (κ2) is 10.3. The van der Waals surface area contributed by atoms with E-state index >= 15 is 0 Å². The van der Waals surface area contributed by atoms with E-state index < -0.39 is 0 Å². The number of hydrogen-bond acceptors (Lipinski definition) is 3. The van der Waals surface area contributed by atoms with Gasteiger partial charge in [-0.05, 0) is 30.4 Å². The number of ether oxygens (including phenoxy) is 1. The van der Waals surface area contributed by atoms with E-state index in [1.165, 1.54) is 5.56 Å². The van der Waals surface area contributed by atoms with Gasteiger partial charge in [-0.25, -0.2) is 0 Å². The first-order valence-corrected chi connectivity index (χ1v) is 8.49. The van der Waals surface area contributed by atoms with E-state index in [2.05, 4.69) is 16.3 Å². The van der Waals surface area contributed by atoms with Gasteiger partial charge < -0.3 is 10.1 Å². The molecular formula is C16H24Cl4N2O. The monoisotopic (exact) mass is 400 g/mol. The van der Waals surface area contributed by atoms with Gasteiger partial charge in [0.05, 0.1) is 10.0 Å². The molecule has 0 amide bonds. The van der Waals surface area contributed by atoms with Crippen LogP contribution in [0.15, 0.2) is 18.2 Å². The molecule has 0 unspecified atom stereocenters. The first-order valence-electron chi connectivity index (χ1n) is 7.74. The fraction of sp³-hybridized carbons (Fsp3) is 0.625. The van der Waals surface area contributed by atoms with Crippen molar-refractivity contribution in [2.75, 3.05) is 39.4 Å². The summed E-state index contributed by atoms with van der Waals surface area (Å²) in [7, 11) is 0. The summed E-state index contributed by atoms with van der Waals surface area (Å²) in [6, 6.07) is 6.36. The molecule has 2 saturated heterocycles. The summed E-state index contributed by atoms with van der Waals surface area (Å²) < 4.78 is 5.54. The summed E-state index contributed by atoms with van der Waals surface area (Å²) in [6.45, 7) is 5.91. The fourth-order valence-electron chi connectivity index (χ4n) is 3.49. The van der Waals surface area contributed by atoms with Crippen molar-refractivity contribution in [2.45, 2.75) is 18.9 Å². The van der Waals surface area contributed by atoms with Gasteiger partial charge in [0.2, 0.25) is 0 Å². The van der Waals surface area contributed by atoms with Gasteiger partial charge >= 0.3 is 0 Å². The minimum Gasteiger partial charge on any atom is -0.381 e. The predicted molar refractivity (Wildman–Crippen MR) is 102 cm³/mol. The Balaban J connectivity index is 0.00000132. The molecule has 23 heavy (non-hydrogen) atoms. The summed E-state index contributed by atoms with van der Waals surface area (Å²) in [6.07, 6.45) is 2.19. The van der Waals surface area contributed by atoms with Crippen LogP contribution in [0, 0.1) is 5.92 Å². The van der Waals surface area contributed by atoms with Crippen LogP contribution in [0.1, 0.15) is 24.4 Å². The van der Waals surface area contributed by atoms with Crippen molar-refractivity contribution in [1.82, 2.24) is 10.2 Å². The van der Waals surface area contributed by atoms with E-state index in [0.29, 0.717) is 22.0 Å². The third-order valence-electron chi connectivity index (χ3n) is 4.56. The third kappa shape index (κ3) is 5.12. The summed E-state index contributed by atoms with van der Waals surface area (Å²) >= 11 is 12.8. The van der Waals surface area contributed by atoms with E-state index in [9.17, 15) is 0 Å². The van der Waals surface area contributed by atoms with Crippen molar-refractivity contribution in [2.24, 2.45) is 5.92 Å². The highest BCUT2D eigenvalue weighted by Crippen LogP contribution is 2.40. The second-order valence-electron chi connectivity index (χ2n) is 5.82. The Bertz CT molecular complexity index is 459. The normalized spacial score (nSPS) is 21.1. The van der Waals surface area contributed by atoms with Crippen LogP contribution in [-0.4, -0.2) is 44.3 Å². The molecule has 1 N–H and O–H groups in total. The van der Waals surface area contributed by atoms with Gasteiger partial charge in [0.25, 0.3) is 0 Å². The van der Waals surface area contributed by atoms with Crippen molar-refractivity contribution in [1.29, 1.82) is 0 Å². The first-order chi connectivity index (χ1) is 10.3. The van der Waals surface area contributed by atoms with Crippen molar-refractivity contribution in [3.63, 3.8) is 0 Å². The number of piperazine rings is 1. The lowest BCUT2D eigenvalue weighted by Gasteiger charge is -2.41. The topological polar surface area (TPSA) is 24.5 Å². The quantitative estimate of drug-likeness (QED) is 0.820. The molecule has 0 radical (unpaired) electrons. The van der Waals surface area contributed by atoms with Gasteiger partial charge in [-0.15, -0.1) is 24.8 Å². The fourth-order valence-corrected chi connectivity index (χ4v) is 3.91. The zero-order valence-corrected chi connectivity index (χ0v) is 16.1. The van der Waals surface area contributed by atoms with Gasteiger partial charge in [0.1, 0.15) is 0 Å². The number of nitrogens with zero attached hydrogens (tertiary/aromatic N) is 1. The van der Waals surface area contributed by atoms with E-state index in [0.717, 1.165) is 52.2 Å². The van der Waals surface area contributed by atoms with Crippen LogP contribution in [0.5, 0.6) is 0 Å². The van der Waals surface area contributed by atoms with Crippen molar-refractivity contribution < 1.29 is 4.74 Å². The van der Waals surface area contributed by atoms with Gasteiger partial charge in [0.15, 0.2) is 0 Å². The van der Waals surface area contributed by atoms with Crippen molar-refractivity contribution in [3.8, 4) is 0 Å². The van der Waals surface area contributed by atoms with Crippen LogP contribution in [0.3, 0.4) is 0 Å². The van der Waals surface area contributed by atoms with Gasteiger partial charge in [-0.2, -0.15) is 0 Å². The highest BCUT2D eigenvalue weighted by atomic mass is 35.5. The predicted octanol–water partition coefficient (Wildman–Crippen LogP) is 4.21. The van der Waals surface area contributed by atoms with Crippen LogP contribution in [0.25, 0.3) is 0 Å². The second-order valence-corrected chi connectivity index (χ2v) is 6.61. The number of nitrogens with one attached hydrogen (secondary N) is 1. The molecule has 2 fully saturated rings. The van der Waals surface area contributed by atoms with Gasteiger partial charge in [0, 0.05) is 45.4 Å². The lowest BCUT2D eigenvalue weighted by atomic mass is 9.85. The molecule has 0 saturated carbocycles. The Morgan fingerprint density at radius 3 is 2.39 bits per heavy atom. The number of halogens is 4. The molecule has 1 aromatic carbocycles. The molecule has 0 aliphatic carbocycles. The molecule has 0 spiro atoms. The molecule has 1 aromatic rings. The summed E-state index contributed by atoms with van der Waals surface area (Å²) in [5.74, 6) is 0.591. The number of hydrogen-bond donors (Lipinski definition) is 1. The van der Waals surface area contributed by atoms with Gasteiger partial charge in [-0.1, -0.05) is 35.3 Å². The Labute approximate surface area is 160 Å². The van der Waals surface area contributed by atoms with Crippen LogP contribution in [-0.2, 0) is 4.74 Å². The lowest BCUT2D eigenvalue weighted by Crippen LogP contribution is -2.47. The van der Waals surface area contributed by atoms with Crippen LogP contribution < -0.4 is 5.32 Å². The Morgan fingerprint density at radius 1 is 1.09 bits per heavy atom. The standard InChI is InChI=1S/C16H22Cl2N2O.2ClH/c17-14-3-1-2-13(15(14)18)16(12-4-10-21-11-5-12)20-8-6-19-7-9-20;;/h1-3,12,16,19H,4-11H2;2*1H/t16-;;/m1../s1. The minimum absolute atomic E-state index is 0. The maximum Gasteiger partial charge on any atom is 0.0640 e. The Kier molecular flexibility index (Phi) is 9.54. The average Bonchev–Trinajstić information content (AvgIpc) is 2.54. The molecule has 0 bridgehead atoms. The van der Waals surface area contributed by atoms with E-state index in [-0.39, 0.29) is 24.8 Å². The van der Waals surface area contributed by atoms with Crippen molar-refractivity contribution in [3.05, 3.63) is 33.8 Å². The van der Waals surface area contributed by atoms with E-state index in [1.807, 2.05) is 12.1 Å². The summed E-state index contributed by atoms with van der Waals surface area (Å²) in [5, 5.41) is 4.80. The van der Waals surface area contributed by atoms with Crippen LogP contribution >= 0.6 is 48.0 Å². The van der Waals surface area contributed by atoms with Crippen LogP contribution in [0.2, 0.25) is 10.0 Å². The van der Waals surface area contributed by atoms with E-state index in [1.54, 1.807) is 0 Å². The third-order valence-corrected chi connectivity index (χ3v) is 5.39. The highest BCUT2D eigenvalue weighted by molar-refractivity contribution is 6.42. The molecule has 132 valence electrons. The average molecular weight is 402 g/mol. The zero-order chi connectivity index (χ0) is 14.7. The SMILES string of the molecule is Cl.Cl.Clc1cccc([C@@H](C2CCOCC2)N2CCNCC2)c1Cl. The van der Waals surface area contributed by atoms with E-state index in [4.69, 9.17) is 27.9 Å². The zero-order valence-electron chi connectivity index (χ0n) is 13.0. The molecule has 2 aliphatic heterocycles. The van der Waals surface area contributed by atoms with Crippen molar-refractivity contribution >= 4 is 48.0 Å². The Hall–Kier alpha value is 0.260. The number of benzene rings is 1. The maximum atomic E-state index is 6.52. The van der Waals surface area contributed by atoms with Crippen LogP contribution in [0.4, 0.5) is 0 Å². The molecule has 3 nitrogen and oxygen atoms in total. The largest absolute Gasteiger partial charge is 0.381 e. The molecule has 2 heterocycles. The molecule has 3 rings (SSSR count). The number of rotatable bonds is 3. The smallest absolute Gasteiger partial charge is 0.0640 e. The lowest BCUT2D eigenvalue weighted by molar-refractivity contribution is 0.0213.